The van der Waals surface area contributed by atoms with Crippen LogP contribution in [0.5, 0.6) is 0 Å². The highest BCUT2D eigenvalue weighted by molar-refractivity contribution is 5.94. The molecule has 2 saturated carbocycles. The van der Waals surface area contributed by atoms with Crippen molar-refractivity contribution in [2.45, 2.75) is 46.5 Å². The first-order valence-electron chi connectivity index (χ1n) is 9.79. The Balaban J connectivity index is 1.78. The number of carboxylic acid groups (broad SMARTS) is 1. The van der Waals surface area contributed by atoms with Crippen LogP contribution in [-0.2, 0) is 16.0 Å². The highest BCUT2D eigenvalue weighted by Gasteiger charge is 2.68. The minimum Gasteiger partial charge on any atom is -0.478 e. The molecule has 0 heterocycles. The number of carboxylic acids is 1. The van der Waals surface area contributed by atoms with Gasteiger partial charge in [0.2, 0.25) is 0 Å². The van der Waals surface area contributed by atoms with Gasteiger partial charge in [0, 0.05) is 16.9 Å². The maximum absolute atomic E-state index is 12.0. The fraction of sp³-hybridized carbons (Fsp3) is 0.565. The van der Waals surface area contributed by atoms with Crippen molar-refractivity contribution in [2.24, 2.45) is 34.5 Å². The number of hydrogen-bond donors (Lipinski definition) is 1. The summed E-state index contributed by atoms with van der Waals surface area (Å²) in [5.41, 5.74) is 2.79. The number of carbonyl (C=O) groups is 2. The first kappa shape index (κ1) is 17.5. The summed E-state index contributed by atoms with van der Waals surface area (Å²) < 4.78 is 0. The summed E-state index contributed by atoms with van der Waals surface area (Å²) >= 11 is 0. The van der Waals surface area contributed by atoms with E-state index in [-0.39, 0.29) is 10.8 Å². The summed E-state index contributed by atoms with van der Waals surface area (Å²) in [7, 11) is 0. The van der Waals surface area contributed by atoms with Gasteiger partial charge in [-0.3, -0.25) is 0 Å². The largest absolute Gasteiger partial charge is 0.478 e. The Hall–Kier alpha value is -1.90. The van der Waals surface area contributed by atoms with Crippen LogP contribution in [0.15, 0.2) is 41.5 Å². The molecule has 4 rings (SSSR count). The molecule has 3 aliphatic carbocycles. The molecule has 2 fully saturated rings. The van der Waals surface area contributed by atoms with Crippen molar-refractivity contribution in [3.05, 3.63) is 47.0 Å². The molecule has 3 nitrogen and oxygen atoms in total. The second kappa shape index (κ2) is 5.80. The smallest absolute Gasteiger partial charge is 0.332 e. The normalized spacial score (nSPS) is 37.5. The van der Waals surface area contributed by atoms with Gasteiger partial charge in [0.15, 0.2) is 0 Å². The van der Waals surface area contributed by atoms with Crippen LogP contribution in [-0.4, -0.2) is 17.4 Å². The molecule has 1 N–H and O–H groups in total. The average molecular weight is 352 g/mol. The van der Waals surface area contributed by atoms with Crippen molar-refractivity contribution in [1.29, 1.82) is 0 Å². The number of aliphatic carboxylic acids is 1. The summed E-state index contributed by atoms with van der Waals surface area (Å²) in [6, 6.07) is 10.6. The molecule has 0 amide bonds. The van der Waals surface area contributed by atoms with Crippen LogP contribution in [0.2, 0.25) is 0 Å². The molecule has 26 heavy (non-hydrogen) atoms. The van der Waals surface area contributed by atoms with Gasteiger partial charge in [-0.1, -0.05) is 56.7 Å². The Labute approximate surface area is 155 Å². The lowest BCUT2D eigenvalue weighted by molar-refractivity contribution is -0.134. The fourth-order valence-electron chi connectivity index (χ4n) is 7.04. The van der Waals surface area contributed by atoms with Crippen LogP contribution in [0.25, 0.3) is 0 Å². The molecule has 3 aliphatic rings. The molecule has 0 saturated heterocycles. The number of benzene rings is 1. The van der Waals surface area contributed by atoms with E-state index in [9.17, 15) is 14.7 Å². The summed E-state index contributed by atoms with van der Waals surface area (Å²) in [6.45, 7) is 6.93. The lowest BCUT2D eigenvalue weighted by Gasteiger charge is -2.54. The van der Waals surface area contributed by atoms with Gasteiger partial charge in [0.25, 0.3) is 0 Å². The third kappa shape index (κ3) is 2.12. The second-order valence-electron chi connectivity index (χ2n) is 9.23. The van der Waals surface area contributed by atoms with Crippen LogP contribution in [0.4, 0.5) is 0 Å². The Morgan fingerprint density at radius 3 is 2.58 bits per heavy atom. The van der Waals surface area contributed by atoms with Gasteiger partial charge >= 0.3 is 5.97 Å². The standard InChI is InChI=1S/C23H28O3/c1-14-9-16(10-15-7-5-4-6-8-15)18-11-19-20(21(25)26)17(13-24)12-23(14,19)22(18,2)3/h4-8,13-14,16-18H,9-12H2,1-3H3,(H,25,26)/t14-,16-,17-,18+,23+/m1/s1. The van der Waals surface area contributed by atoms with Gasteiger partial charge in [-0.2, -0.15) is 0 Å². The molecular weight excluding hydrogens is 324 g/mol. The predicted octanol–water partition coefficient (Wildman–Crippen LogP) is 4.52. The van der Waals surface area contributed by atoms with Gasteiger partial charge in [0.05, 0.1) is 0 Å². The van der Waals surface area contributed by atoms with E-state index >= 15 is 0 Å². The van der Waals surface area contributed by atoms with Gasteiger partial charge in [-0.25, -0.2) is 4.79 Å². The topological polar surface area (TPSA) is 54.4 Å². The molecule has 5 atom stereocenters. The van der Waals surface area contributed by atoms with E-state index in [1.165, 1.54) is 5.56 Å². The second-order valence-corrected chi connectivity index (χ2v) is 9.23. The molecule has 0 aliphatic heterocycles. The van der Waals surface area contributed by atoms with Gasteiger partial charge in [-0.15, -0.1) is 0 Å². The Morgan fingerprint density at radius 1 is 1.27 bits per heavy atom. The number of aldehydes is 1. The third-order valence-corrected chi connectivity index (χ3v) is 8.08. The van der Waals surface area contributed by atoms with Crippen LogP contribution in [0.3, 0.4) is 0 Å². The lowest BCUT2D eigenvalue weighted by atomic mass is 9.49. The maximum atomic E-state index is 12.0. The molecule has 2 bridgehead atoms. The summed E-state index contributed by atoms with van der Waals surface area (Å²) in [5, 5.41) is 9.82. The Bertz CT molecular complexity index is 776. The van der Waals surface area contributed by atoms with Crippen molar-refractivity contribution >= 4 is 12.3 Å². The van der Waals surface area contributed by atoms with E-state index in [4.69, 9.17) is 0 Å². The van der Waals surface area contributed by atoms with Crippen molar-refractivity contribution in [1.82, 2.24) is 0 Å². The highest BCUT2D eigenvalue weighted by atomic mass is 16.4. The molecule has 0 radical (unpaired) electrons. The molecule has 1 aromatic carbocycles. The van der Waals surface area contributed by atoms with Crippen LogP contribution < -0.4 is 0 Å². The predicted molar refractivity (Wildman–Crippen MR) is 101 cm³/mol. The molecule has 138 valence electrons. The fourth-order valence-corrected chi connectivity index (χ4v) is 7.04. The Kier molecular flexibility index (Phi) is 3.91. The lowest BCUT2D eigenvalue weighted by Crippen LogP contribution is -2.49. The van der Waals surface area contributed by atoms with E-state index in [1.54, 1.807) is 0 Å². The monoisotopic (exact) mass is 352 g/mol. The number of allylic oxidation sites excluding steroid dienone is 1. The third-order valence-electron chi connectivity index (χ3n) is 8.08. The van der Waals surface area contributed by atoms with Gasteiger partial charge in [0.1, 0.15) is 6.29 Å². The quantitative estimate of drug-likeness (QED) is 0.811. The van der Waals surface area contributed by atoms with E-state index in [0.29, 0.717) is 29.7 Å². The van der Waals surface area contributed by atoms with E-state index < -0.39 is 11.9 Å². The van der Waals surface area contributed by atoms with E-state index in [1.807, 2.05) is 0 Å². The molecule has 3 heteroatoms. The number of rotatable bonds is 4. The van der Waals surface area contributed by atoms with Crippen LogP contribution in [0.1, 0.15) is 45.6 Å². The minimum atomic E-state index is -0.885. The summed E-state index contributed by atoms with van der Waals surface area (Å²) in [6.07, 6.45) is 4.58. The highest BCUT2D eigenvalue weighted by Crippen LogP contribution is 2.74. The van der Waals surface area contributed by atoms with Crippen molar-refractivity contribution in [3.8, 4) is 0 Å². The molecule has 1 aromatic rings. The van der Waals surface area contributed by atoms with Gasteiger partial charge < -0.3 is 9.90 Å². The first-order chi connectivity index (χ1) is 12.3. The van der Waals surface area contributed by atoms with Crippen molar-refractivity contribution in [2.75, 3.05) is 0 Å². The molecule has 0 unspecified atom stereocenters. The first-order valence-corrected chi connectivity index (χ1v) is 9.79. The molecule has 0 aromatic heterocycles. The van der Waals surface area contributed by atoms with E-state index in [2.05, 4.69) is 51.1 Å². The minimum absolute atomic E-state index is 0.0257. The zero-order valence-electron chi connectivity index (χ0n) is 15.9. The number of carbonyl (C=O) groups excluding carboxylic acids is 1. The Morgan fingerprint density at radius 2 is 1.96 bits per heavy atom. The zero-order valence-corrected chi connectivity index (χ0v) is 15.9. The number of fused-ring (bicyclic) bond motifs is 1. The van der Waals surface area contributed by atoms with Gasteiger partial charge in [-0.05, 0) is 54.4 Å². The number of hydrogen-bond acceptors (Lipinski definition) is 2. The van der Waals surface area contributed by atoms with E-state index in [0.717, 1.165) is 31.1 Å². The maximum Gasteiger partial charge on any atom is 0.332 e. The SMILES string of the molecule is C[C@@H]1C[C@H](Cc2ccccc2)[C@@H]2CC3=C(C(=O)O)[C@@H](C=O)C[C@@]31C2(C)C. The average Bonchev–Trinajstić information content (AvgIpc) is 3.00. The van der Waals surface area contributed by atoms with Crippen LogP contribution >= 0.6 is 0 Å². The van der Waals surface area contributed by atoms with Crippen molar-refractivity contribution in [3.63, 3.8) is 0 Å². The van der Waals surface area contributed by atoms with Crippen LogP contribution in [0, 0.1) is 34.5 Å². The molecule has 1 spiro atoms. The summed E-state index contributed by atoms with van der Waals surface area (Å²) in [5.74, 6) is 0.131. The molecular formula is C23H28O3. The van der Waals surface area contributed by atoms with Crippen molar-refractivity contribution < 1.29 is 14.7 Å². The zero-order chi connectivity index (χ0) is 18.7. The summed E-state index contributed by atoms with van der Waals surface area (Å²) in [4.78, 5) is 23.6.